The van der Waals surface area contributed by atoms with E-state index in [0.29, 0.717) is 0 Å². The fourth-order valence-electron chi connectivity index (χ4n) is 1.99. The summed E-state index contributed by atoms with van der Waals surface area (Å²) in [7, 11) is 0. The van der Waals surface area contributed by atoms with E-state index in [1.165, 1.54) is 0 Å². The van der Waals surface area contributed by atoms with Crippen LogP contribution >= 0.6 is 0 Å². The number of fused-ring (bicyclic) bond motifs is 1. The van der Waals surface area contributed by atoms with E-state index in [0.717, 1.165) is 16.5 Å². The molecule has 0 aliphatic heterocycles. The second-order valence-corrected chi connectivity index (χ2v) is 5.71. The lowest BCUT2D eigenvalue weighted by atomic mass is 9.99. The van der Waals surface area contributed by atoms with Gasteiger partial charge in [-0.25, -0.2) is 0 Å². The van der Waals surface area contributed by atoms with Gasteiger partial charge in [0.1, 0.15) is 11.5 Å². The van der Waals surface area contributed by atoms with Crippen LogP contribution in [0, 0.1) is 0 Å². The predicted octanol–water partition coefficient (Wildman–Crippen LogP) is 3.85. The van der Waals surface area contributed by atoms with Crippen molar-refractivity contribution in [2.24, 2.45) is 0 Å². The van der Waals surface area contributed by atoms with Crippen LogP contribution in [-0.4, -0.2) is 16.6 Å². The number of esters is 1. The molecular formula is C17H19NO2. The monoisotopic (exact) mass is 269 g/mol. The number of rotatable bonds is 3. The summed E-state index contributed by atoms with van der Waals surface area (Å²) in [5, 5.41) is 1.00. The lowest BCUT2D eigenvalue weighted by Crippen LogP contribution is -2.27. The van der Waals surface area contributed by atoms with Crippen LogP contribution in [0.15, 0.2) is 49.2 Å². The molecule has 0 N–H and O–H groups in total. The number of nitrogens with zero attached hydrogens (tertiary/aromatic N) is 1. The highest BCUT2D eigenvalue weighted by molar-refractivity contribution is 5.84. The third-order valence-corrected chi connectivity index (χ3v) is 2.87. The third-order valence-electron chi connectivity index (χ3n) is 2.87. The van der Waals surface area contributed by atoms with Crippen molar-refractivity contribution >= 4 is 16.9 Å². The summed E-state index contributed by atoms with van der Waals surface area (Å²) in [6.07, 6.45) is 3.30. The molecule has 3 nitrogen and oxygen atoms in total. The standard InChI is InChI=1S/C17H19NO2/c1-5-14(16(19)20-17(2,3)4)13-10-12-8-6-7-9-15(12)18-11-13/h5-11,14H,1H2,2-4H3. The van der Waals surface area contributed by atoms with Crippen LogP contribution < -0.4 is 0 Å². The molecule has 104 valence electrons. The van der Waals surface area contributed by atoms with E-state index in [1.54, 1.807) is 12.3 Å². The van der Waals surface area contributed by atoms with Gasteiger partial charge in [-0.15, -0.1) is 6.58 Å². The Bertz CT molecular complexity index is 641. The normalized spacial score (nSPS) is 12.9. The number of hydrogen-bond acceptors (Lipinski definition) is 3. The van der Waals surface area contributed by atoms with Gasteiger partial charge in [0.05, 0.1) is 5.52 Å². The van der Waals surface area contributed by atoms with Gasteiger partial charge in [-0.05, 0) is 38.5 Å². The van der Waals surface area contributed by atoms with Gasteiger partial charge in [-0.2, -0.15) is 0 Å². The van der Waals surface area contributed by atoms with Crippen molar-refractivity contribution in [2.45, 2.75) is 32.3 Å². The molecule has 3 heteroatoms. The van der Waals surface area contributed by atoms with E-state index in [9.17, 15) is 4.79 Å². The first-order chi connectivity index (χ1) is 9.40. The zero-order chi connectivity index (χ0) is 14.8. The molecule has 0 radical (unpaired) electrons. The highest BCUT2D eigenvalue weighted by Gasteiger charge is 2.24. The lowest BCUT2D eigenvalue weighted by Gasteiger charge is -2.22. The summed E-state index contributed by atoms with van der Waals surface area (Å²) in [5.41, 5.74) is 1.19. The van der Waals surface area contributed by atoms with Crippen molar-refractivity contribution in [3.8, 4) is 0 Å². The molecule has 1 unspecified atom stereocenters. The van der Waals surface area contributed by atoms with Crippen molar-refractivity contribution in [3.05, 3.63) is 54.7 Å². The molecule has 0 amide bonds. The number of para-hydroxylation sites is 1. The molecule has 0 aliphatic carbocycles. The Hall–Kier alpha value is -2.16. The van der Waals surface area contributed by atoms with Crippen LogP contribution in [0.25, 0.3) is 10.9 Å². The Morgan fingerprint density at radius 3 is 2.70 bits per heavy atom. The van der Waals surface area contributed by atoms with Gasteiger partial charge in [-0.1, -0.05) is 24.3 Å². The van der Waals surface area contributed by atoms with E-state index in [-0.39, 0.29) is 5.97 Å². The average molecular weight is 269 g/mol. The maximum Gasteiger partial charge on any atom is 0.317 e. The quantitative estimate of drug-likeness (QED) is 0.627. The fraction of sp³-hybridized carbons (Fsp3) is 0.294. The molecule has 1 aromatic heterocycles. The van der Waals surface area contributed by atoms with Gasteiger partial charge in [-0.3, -0.25) is 9.78 Å². The second-order valence-electron chi connectivity index (χ2n) is 5.71. The minimum absolute atomic E-state index is 0.301. The molecule has 1 atom stereocenters. The Balaban J connectivity index is 2.34. The number of benzene rings is 1. The minimum atomic E-state index is -0.511. The molecule has 20 heavy (non-hydrogen) atoms. The Morgan fingerprint density at radius 1 is 1.35 bits per heavy atom. The average Bonchev–Trinajstić information content (AvgIpc) is 2.37. The van der Waals surface area contributed by atoms with E-state index >= 15 is 0 Å². The van der Waals surface area contributed by atoms with E-state index < -0.39 is 11.5 Å². The van der Waals surface area contributed by atoms with Crippen LogP contribution in [0.4, 0.5) is 0 Å². The maximum atomic E-state index is 12.2. The summed E-state index contributed by atoms with van der Waals surface area (Å²) in [6.45, 7) is 9.29. The number of carbonyl (C=O) groups is 1. The first-order valence-corrected chi connectivity index (χ1v) is 6.61. The van der Waals surface area contributed by atoms with E-state index in [4.69, 9.17) is 4.74 Å². The lowest BCUT2D eigenvalue weighted by molar-refractivity contribution is -0.155. The Morgan fingerprint density at radius 2 is 2.05 bits per heavy atom. The van der Waals surface area contributed by atoms with Crippen molar-refractivity contribution in [3.63, 3.8) is 0 Å². The maximum absolute atomic E-state index is 12.2. The highest BCUT2D eigenvalue weighted by atomic mass is 16.6. The number of carbonyl (C=O) groups excluding carboxylic acids is 1. The van der Waals surface area contributed by atoms with Gasteiger partial charge >= 0.3 is 5.97 Å². The number of hydrogen-bond donors (Lipinski definition) is 0. The molecular weight excluding hydrogens is 250 g/mol. The van der Waals surface area contributed by atoms with Crippen LogP contribution in [0.5, 0.6) is 0 Å². The number of ether oxygens (including phenoxy) is 1. The molecule has 0 saturated carbocycles. The van der Waals surface area contributed by atoms with Gasteiger partial charge in [0.25, 0.3) is 0 Å². The predicted molar refractivity (Wildman–Crippen MR) is 80.5 cm³/mol. The van der Waals surface area contributed by atoms with Crippen LogP contribution in [-0.2, 0) is 9.53 Å². The SMILES string of the molecule is C=CC(C(=O)OC(C)(C)C)c1cnc2ccccc2c1. The molecule has 1 aromatic carbocycles. The van der Waals surface area contributed by atoms with Crippen LogP contribution in [0.2, 0.25) is 0 Å². The largest absolute Gasteiger partial charge is 0.459 e. The third kappa shape index (κ3) is 3.23. The Labute approximate surface area is 119 Å². The smallest absolute Gasteiger partial charge is 0.317 e. The van der Waals surface area contributed by atoms with E-state index in [2.05, 4.69) is 11.6 Å². The van der Waals surface area contributed by atoms with Crippen molar-refractivity contribution in [2.75, 3.05) is 0 Å². The van der Waals surface area contributed by atoms with Gasteiger partial charge in [0.15, 0.2) is 0 Å². The van der Waals surface area contributed by atoms with Crippen LogP contribution in [0.1, 0.15) is 32.3 Å². The molecule has 1 heterocycles. The summed E-state index contributed by atoms with van der Waals surface area (Å²) in [6, 6.07) is 9.76. The van der Waals surface area contributed by atoms with Crippen molar-refractivity contribution < 1.29 is 9.53 Å². The molecule has 2 aromatic rings. The minimum Gasteiger partial charge on any atom is -0.459 e. The number of pyridine rings is 1. The van der Waals surface area contributed by atoms with Crippen molar-refractivity contribution in [1.82, 2.24) is 4.98 Å². The van der Waals surface area contributed by atoms with E-state index in [1.807, 2.05) is 51.1 Å². The zero-order valence-corrected chi connectivity index (χ0v) is 12.1. The summed E-state index contributed by atoms with van der Waals surface area (Å²) >= 11 is 0. The fourth-order valence-corrected chi connectivity index (χ4v) is 1.99. The molecule has 0 aliphatic rings. The van der Waals surface area contributed by atoms with Gasteiger partial charge in [0, 0.05) is 11.6 Å². The first-order valence-electron chi connectivity index (χ1n) is 6.61. The van der Waals surface area contributed by atoms with Crippen LogP contribution in [0.3, 0.4) is 0 Å². The highest BCUT2D eigenvalue weighted by Crippen LogP contribution is 2.24. The van der Waals surface area contributed by atoms with Crippen molar-refractivity contribution in [1.29, 1.82) is 0 Å². The van der Waals surface area contributed by atoms with Gasteiger partial charge in [0.2, 0.25) is 0 Å². The summed E-state index contributed by atoms with van der Waals surface area (Å²) in [5.74, 6) is -0.795. The second kappa shape index (κ2) is 5.45. The molecule has 0 bridgehead atoms. The number of aromatic nitrogens is 1. The molecule has 0 fully saturated rings. The topological polar surface area (TPSA) is 39.2 Å². The molecule has 0 saturated heterocycles. The summed E-state index contributed by atoms with van der Waals surface area (Å²) < 4.78 is 5.42. The first kappa shape index (κ1) is 14.3. The summed E-state index contributed by atoms with van der Waals surface area (Å²) in [4.78, 5) is 16.6. The zero-order valence-electron chi connectivity index (χ0n) is 12.1. The molecule has 0 spiro atoms. The molecule has 2 rings (SSSR count). The Kier molecular flexibility index (Phi) is 3.89. The van der Waals surface area contributed by atoms with Gasteiger partial charge < -0.3 is 4.74 Å².